The minimum atomic E-state index is -4.44. The summed E-state index contributed by atoms with van der Waals surface area (Å²) >= 11 is 1.45. The molecule has 66 heavy (non-hydrogen) atoms. The van der Waals surface area contributed by atoms with E-state index in [1.807, 2.05) is 25.3 Å². The van der Waals surface area contributed by atoms with Crippen LogP contribution < -0.4 is 30.1 Å². The zero-order valence-electron chi connectivity index (χ0n) is 38.3. The minimum absolute atomic E-state index is 0.0120. The van der Waals surface area contributed by atoms with Gasteiger partial charge < -0.3 is 35.3 Å². The van der Waals surface area contributed by atoms with Crippen LogP contribution in [0.25, 0.3) is 22.3 Å². The molecular weight excluding hydrogens is 887 g/mol. The molecule has 6 rings (SSSR count). The van der Waals surface area contributed by atoms with E-state index in [-0.39, 0.29) is 36.7 Å². The van der Waals surface area contributed by atoms with Crippen molar-refractivity contribution in [1.82, 2.24) is 24.9 Å². The molecule has 0 bridgehead atoms. The SMILES string of the molecule is C=CC1CC1(NC(=O)[C@@H]1C[C@@H](Oc2cc(-c3csc(NC(C)C)n3)nc3cc(OC)ccc23)CN1C(=O)OC(C)(C)C)C(=O)NS(=O)(=O)c1ccccc1NCCCCCCCCC(=O)O. The zero-order valence-corrected chi connectivity index (χ0v) is 40.0. The lowest BCUT2D eigenvalue weighted by Crippen LogP contribution is -2.56. The first-order valence-electron chi connectivity index (χ1n) is 22.3. The van der Waals surface area contributed by atoms with Crippen LogP contribution >= 0.6 is 11.3 Å². The van der Waals surface area contributed by atoms with Crippen LogP contribution in [0.15, 0.2) is 71.5 Å². The maximum absolute atomic E-state index is 14.5. The highest BCUT2D eigenvalue weighted by atomic mass is 32.2. The number of likely N-dealkylation sites (tertiary alicyclic amines) is 1. The molecule has 0 spiro atoms. The summed E-state index contributed by atoms with van der Waals surface area (Å²) in [5.74, 6) is -2.00. The molecule has 1 aliphatic heterocycles. The average molecular weight is 948 g/mol. The number of thiazole rings is 1. The van der Waals surface area contributed by atoms with Gasteiger partial charge in [0.2, 0.25) is 5.91 Å². The summed E-state index contributed by atoms with van der Waals surface area (Å²) < 4.78 is 47.9. The van der Waals surface area contributed by atoms with Gasteiger partial charge in [-0.25, -0.2) is 27.9 Å². The fraction of sp³-hybridized carbons (Fsp3) is 0.489. The molecule has 17 nitrogen and oxygen atoms in total. The normalized spacial score (nSPS) is 19.3. The second kappa shape index (κ2) is 21.1. The van der Waals surface area contributed by atoms with Gasteiger partial charge in [0.25, 0.3) is 15.9 Å². The van der Waals surface area contributed by atoms with E-state index < -0.39 is 63.1 Å². The van der Waals surface area contributed by atoms with Crippen LogP contribution in [0.2, 0.25) is 0 Å². The Morgan fingerprint density at radius 2 is 1.74 bits per heavy atom. The molecule has 2 aromatic carbocycles. The highest BCUT2D eigenvalue weighted by molar-refractivity contribution is 7.90. The van der Waals surface area contributed by atoms with Crippen molar-refractivity contribution in [3.05, 3.63) is 66.6 Å². The number of carboxylic acid groups (broad SMARTS) is 1. The van der Waals surface area contributed by atoms with Crippen LogP contribution in [-0.2, 0) is 29.1 Å². The van der Waals surface area contributed by atoms with Crippen LogP contribution in [0, 0.1) is 5.92 Å². The number of amides is 3. The predicted molar refractivity (Wildman–Crippen MR) is 253 cm³/mol. The summed E-state index contributed by atoms with van der Waals surface area (Å²) in [6, 6.07) is 12.4. The molecule has 1 aliphatic carbocycles. The van der Waals surface area contributed by atoms with E-state index in [0.717, 1.165) is 37.2 Å². The highest BCUT2D eigenvalue weighted by Gasteiger charge is 2.61. The van der Waals surface area contributed by atoms with Gasteiger partial charge in [0.1, 0.15) is 45.4 Å². The number of aromatic nitrogens is 2. The molecule has 2 aromatic heterocycles. The fourth-order valence-corrected chi connectivity index (χ4v) is 9.93. The molecule has 3 amide bonds. The topological polar surface area (TPSA) is 227 Å². The van der Waals surface area contributed by atoms with E-state index in [4.69, 9.17) is 29.3 Å². The van der Waals surface area contributed by atoms with Crippen LogP contribution in [0.5, 0.6) is 11.5 Å². The van der Waals surface area contributed by atoms with Crippen molar-refractivity contribution in [3.63, 3.8) is 0 Å². The second-order valence-electron chi connectivity index (χ2n) is 18.0. The number of sulfonamides is 1. The zero-order chi connectivity index (χ0) is 47.8. The molecule has 4 atom stereocenters. The number of nitrogens with zero attached hydrogens (tertiary/aromatic N) is 3. The summed E-state index contributed by atoms with van der Waals surface area (Å²) in [5, 5.41) is 21.4. The number of carbonyl (C=O) groups is 4. The Bertz CT molecular complexity index is 2520. The summed E-state index contributed by atoms with van der Waals surface area (Å²) in [4.78, 5) is 63.9. The summed E-state index contributed by atoms with van der Waals surface area (Å²) in [6.45, 7) is 13.4. The van der Waals surface area contributed by atoms with Gasteiger partial charge >= 0.3 is 12.1 Å². The molecule has 5 N–H and O–H groups in total. The first-order valence-corrected chi connectivity index (χ1v) is 24.6. The molecular formula is C47H61N7O10S2. The Morgan fingerprint density at radius 3 is 2.42 bits per heavy atom. The third-order valence-corrected chi connectivity index (χ3v) is 13.4. The molecule has 356 valence electrons. The van der Waals surface area contributed by atoms with Crippen molar-refractivity contribution in [2.24, 2.45) is 5.92 Å². The van der Waals surface area contributed by atoms with Crippen LogP contribution in [0.1, 0.15) is 92.4 Å². The standard InChI is InChI=1S/C47H61N7O10S2/c1-8-30-26-47(30,43(58)53-66(60,61)40-18-15-14-17-34(40)48-22-16-12-10-9-11-13-19-41(55)56)52-42(57)38-24-32(27-54(38)45(59)64-46(4,5)6)63-39-25-36(37-28-65-44(51-37)49-29(2)3)50-35-23-31(62-7)20-21-33(35)39/h8,14-15,17-18,20-21,23,25,28-30,32,38,48H,1,9-13,16,19,22,24,26-27H2,2-7H3,(H,49,51)(H,52,57)(H,53,58)(H,55,56)/t30?,32-,38+,47?/m1/s1. The number of rotatable bonds is 22. The second-order valence-corrected chi connectivity index (χ2v) is 20.5. The van der Waals surface area contributed by atoms with Crippen molar-refractivity contribution >= 4 is 67.0 Å². The maximum Gasteiger partial charge on any atom is 0.411 e. The molecule has 2 fully saturated rings. The van der Waals surface area contributed by atoms with Gasteiger partial charge in [-0.15, -0.1) is 17.9 Å². The van der Waals surface area contributed by atoms with Gasteiger partial charge in [0.05, 0.1) is 30.6 Å². The fourth-order valence-electron chi connectivity index (χ4n) is 7.85. The lowest BCUT2D eigenvalue weighted by atomic mass is 10.1. The van der Waals surface area contributed by atoms with Crippen molar-refractivity contribution < 1.29 is 46.9 Å². The lowest BCUT2D eigenvalue weighted by molar-refractivity contribution is -0.137. The smallest absolute Gasteiger partial charge is 0.411 e. The number of hydrogen-bond acceptors (Lipinski definition) is 14. The molecule has 1 saturated carbocycles. The van der Waals surface area contributed by atoms with Crippen LogP contribution in [0.4, 0.5) is 15.6 Å². The van der Waals surface area contributed by atoms with E-state index in [1.54, 1.807) is 64.3 Å². The van der Waals surface area contributed by atoms with Crippen molar-refractivity contribution in [3.8, 4) is 22.9 Å². The first kappa shape index (κ1) is 49.5. The largest absolute Gasteiger partial charge is 0.497 e. The number of aliphatic carboxylic acids is 1. The molecule has 2 unspecified atom stereocenters. The number of unbranched alkanes of at least 4 members (excludes halogenated alkanes) is 5. The number of anilines is 2. The number of pyridine rings is 1. The Morgan fingerprint density at radius 1 is 1.02 bits per heavy atom. The van der Waals surface area contributed by atoms with Gasteiger partial charge in [-0.2, -0.15) is 0 Å². The van der Waals surface area contributed by atoms with Gasteiger partial charge in [-0.3, -0.25) is 19.3 Å². The van der Waals surface area contributed by atoms with Crippen molar-refractivity contribution in [2.45, 2.75) is 127 Å². The van der Waals surface area contributed by atoms with E-state index in [2.05, 4.69) is 27.3 Å². The summed E-state index contributed by atoms with van der Waals surface area (Å²) in [5.41, 5.74) is -0.515. The molecule has 1 saturated heterocycles. The minimum Gasteiger partial charge on any atom is -0.497 e. The summed E-state index contributed by atoms with van der Waals surface area (Å²) in [6.07, 6.45) is 5.19. The van der Waals surface area contributed by atoms with Gasteiger partial charge in [-0.05, 0) is 78.1 Å². The van der Waals surface area contributed by atoms with E-state index >= 15 is 0 Å². The van der Waals surface area contributed by atoms with Crippen LogP contribution in [-0.4, -0.2) is 102 Å². The van der Waals surface area contributed by atoms with E-state index in [1.165, 1.54) is 28.4 Å². The number of ether oxygens (including phenoxy) is 3. The monoisotopic (exact) mass is 947 g/mol. The van der Waals surface area contributed by atoms with Gasteiger partial charge in [0.15, 0.2) is 5.13 Å². The number of fused-ring (bicyclic) bond motifs is 1. The van der Waals surface area contributed by atoms with E-state index in [0.29, 0.717) is 52.4 Å². The number of carboxylic acids is 1. The van der Waals surface area contributed by atoms with Crippen LogP contribution in [0.3, 0.4) is 0 Å². The molecule has 3 heterocycles. The number of carbonyl (C=O) groups excluding carboxylic acids is 3. The number of nitrogens with one attached hydrogen (secondary N) is 4. The number of methoxy groups -OCH3 is 1. The highest BCUT2D eigenvalue weighted by Crippen LogP contribution is 2.45. The maximum atomic E-state index is 14.5. The first-order chi connectivity index (χ1) is 31.3. The summed E-state index contributed by atoms with van der Waals surface area (Å²) in [7, 11) is -2.88. The Balaban J connectivity index is 1.19. The third-order valence-electron chi connectivity index (χ3n) is 11.2. The van der Waals surface area contributed by atoms with Crippen molar-refractivity contribution in [1.29, 1.82) is 0 Å². The number of hydrogen-bond donors (Lipinski definition) is 5. The Hall–Kier alpha value is -5.95. The van der Waals surface area contributed by atoms with E-state index in [9.17, 15) is 27.6 Å². The van der Waals surface area contributed by atoms with Gasteiger partial charge in [0, 0.05) is 54.2 Å². The molecule has 0 radical (unpaired) electrons. The average Bonchev–Trinajstić information content (AvgIpc) is 3.51. The van der Waals surface area contributed by atoms with Gasteiger partial charge in [-0.1, -0.05) is 43.9 Å². The molecule has 2 aliphatic rings. The molecule has 4 aromatic rings. The number of benzene rings is 2. The lowest BCUT2D eigenvalue weighted by Gasteiger charge is -2.29. The molecule has 19 heteroatoms. The quantitative estimate of drug-likeness (QED) is 0.0375. The Labute approximate surface area is 390 Å². The van der Waals surface area contributed by atoms with Crippen molar-refractivity contribution in [2.75, 3.05) is 30.8 Å². The Kier molecular flexibility index (Phi) is 15.8. The predicted octanol–water partition coefficient (Wildman–Crippen LogP) is 7.74. The third kappa shape index (κ3) is 12.5. The number of para-hydroxylation sites is 1.